The van der Waals surface area contributed by atoms with Crippen LogP contribution in [0.15, 0.2) is 0 Å². The molecule has 384 valence electrons. The van der Waals surface area contributed by atoms with Crippen LogP contribution in [0.5, 0.6) is 0 Å². The Morgan fingerprint density at radius 2 is 0.500 bits per heavy atom. The maximum absolute atomic E-state index is 12.9. The van der Waals surface area contributed by atoms with Crippen LogP contribution in [0, 0.1) is 32.5 Å². The van der Waals surface area contributed by atoms with E-state index in [9.17, 15) is 33.6 Å². The minimum absolute atomic E-state index is 0.144. The number of carbonyl (C=O) groups is 7. The summed E-state index contributed by atoms with van der Waals surface area (Å²) in [5.41, 5.74) is -3.09. The first-order valence-electron chi connectivity index (χ1n) is 25.0. The number of unbranched alkanes of at least 4 members (excludes halogenated alkanes) is 4. The van der Waals surface area contributed by atoms with E-state index in [0.717, 1.165) is 77.0 Å². The van der Waals surface area contributed by atoms with E-state index in [1.54, 1.807) is 13.8 Å². The van der Waals surface area contributed by atoms with Crippen LogP contribution in [-0.2, 0) is 62.0 Å². The molecule has 0 atom stereocenters. The maximum atomic E-state index is 12.9. The Morgan fingerprint density at radius 1 is 0.303 bits per heavy atom. The third-order valence-electron chi connectivity index (χ3n) is 12.0. The molecule has 0 saturated heterocycles. The molecule has 13 heteroatoms. The fourth-order valence-corrected chi connectivity index (χ4v) is 7.27. The first-order chi connectivity index (χ1) is 30.5. The zero-order valence-corrected chi connectivity index (χ0v) is 44.2. The van der Waals surface area contributed by atoms with Crippen molar-refractivity contribution in [3.8, 4) is 0 Å². The monoisotopic (exact) mass is 939 g/mol. The molecule has 0 radical (unpaired) electrons. The first kappa shape index (κ1) is 62.5. The van der Waals surface area contributed by atoms with Gasteiger partial charge >= 0.3 is 35.8 Å². The number of hydrogen-bond acceptors (Lipinski definition) is 13. The lowest BCUT2D eigenvalue weighted by molar-refractivity contribution is -0.164. The van der Waals surface area contributed by atoms with Crippen molar-refractivity contribution < 1.29 is 62.0 Å². The van der Waals surface area contributed by atoms with E-state index in [2.05, 4.69) is 27.7 Å². The minimum atomic E-state index is -1.04. The van der Waals surface area contributed by atoms with Gasteiger partial charge in [0.05, 0.1) is 49.4 Å². The summed E-state index contributed by atoms with van der Waals surface area (Å²) in [6, 6.07) is 0. The van der Waals surface area contributed by atoms with E-state index in [-0.39, 0.29) is 118 Å². The Morgan fingerprint density at radius 3 is 0.697 bits per heavy atom. The average molecular weight is 939 g/mol. The zero-order chi connectivity index (χ0) is 50.7. The number of carbonyl (C=O) groups excluding carboxylic acids is 7. The average Bonchev–Trinajstić information content (AvgIpc) is 3.22. The Labute approximate surface area is 400 Å². The summed E-state index contributed by atoms with van der Waals surface area (Å²) >= 11 is 0. The summed E-state index contributed by atoms with van der Waals surface area (Å²) in [6.07, 6.45) is 11.5. The van der Waals surface area contributed by atoms with Gasteiger partial charge in [-0.15, -0.1) is 0 Å². The fourth-order valence-electron chi connectivity index (χ4n) is 7.27. The van der Waals surface area contributed by atoms with Gasteiger partial charge in [-0.2, -0.15) is 0 Å². The van der Waals surface area contributed by atoms with Crippen molar-refractivity contribution in [1.29, 1.82) is 0 Å². The van der Waals surface area contributed by atoms with Crippen LogP contribution in [0.3, 0.4) is 0 Å². The highest BCUT2D eigenvalue weighted by atomic mass is 16.6. The molecule has 0 aliphatic carbocycles. The summed E-state index contributed by atoms with van der Waals surface area (Å²) in [7, 11) is 0. The van der Waals surface area contributed by atoms with Crippen LogP contribution in [0.25, 0.3) is 0 Å². The van der Waals surface area contributed by atoms with Crippen molar-refractivity contribution >= 4 is 41.6 Å². The number of Topliss-reactive ketones (excluding diaryl/α,β-unsaturated/α-hetero) is 1. The minimum Gasteiger partial charge on any atom is -0.465 e. The van der Waals surface area contributed by atoms with Crippen LogP contribution in [0.1, 0.15) is 225 Å². The second-order valence-corrected chi connectivity index (χ2v) is 22.9. The van der Waals surface area contributed by atoms with E-state index >= 15 is 0 Å². The number of hydrogen-bond donors (Lipinski definition) is 0. The van der Waals surface area contributed by atoms with Crippen LogP contribution < -0.4 is 0 Å². The predicted molar refractivity (Wildman–Crippen MR) is 257 cm³/mol. The van der Waals surface area contributed by atoms with Crippen molar-refractivity contribution in [2.45, 2.75) is 225 Å². The van der Waals surface area contributed by atoms with Gasteiger partial charge < -0.3 is 28.4 Å². The summed E-state index contributed by atoms with van der Waals surface area (Å²) in [4.78, 5) is 90.3. The largest absolute Gasteiger partial charge is 0.465 e. The zero-order valence-electron chi connectivity index (χ0n) is 44.2. The van der Waals surface area contributed by atoms with Gasteiger partial charge in [-0.3, -0.25) is 33.6 Å². The van der Waals surface area contributed by atoms with Gasteiger partial charge in [0.2, 0.25) is 0 Å². The third kappa shape index (κ3) is 31.5. The van der Waals surface area contributed by atoms with Crippen LogP contribution >= 0.6 is 0 Å². The lowest BCUT2D eigenvalue weighted by Crippen LogP contribution is -2.37. The summed E-state index contributed by atoms with van der Waals surface area (Å²) in [5, 5.41) is 0. The highest BCUT2D eigenvalue weighted by Gasteiger charge is 2.35. The van der Waals surface area contributed by atoms with Crippen molar-refractivity contribution in [1.82, 2.24) is 0 Å². The standard InChI is InChI=1S/C53H94O13/c1-15-19-27-48(5,6)31-44(57)63-37-52(13,38-64-45(58)32-49(7,8)28-20-16-2)35-61-42(55)25-23-41(54)24-26-43(56)62-36-53(14,39-65-46(59)33-50(9,10)29-21-17-3)40-66-47(60)34-51(11,12)30-22-18-4/h15-40H2,1-14H3. The van der Waals surface area contributed by atoms with E-state index in [0.29, 0.717) is 0 Å². The Bertz CT molecular complexity index is 1310. The molecule has 0 aliphatic rings. The third-order valence-corrected chi connectivity index (χ3v) is 12.0. The molecule has 0 N–H and O–H groups in total. The molecule has 0 bridgehead atoms. The molecule has 0 rings (SSSR count). The molecule has 0 aromatic carbocycles. The van der Waals surface area contributed by atoms with Gasteiger partial charge in [0, 0.05) is 12.8 Å². The number of rotatable bonds is 38. The van der Waals surface area contributed by atoms with Crippen LogP contribution in [-0.4, -0.2) is 81.2 Å². The molecular formula is C53H94O13. The molecule has 0 heterocycles. The molecule has 0 fully saturated rings. The summed E-state index contributed by atoms with van der Waals surface area (Å²) < 4.78 is 33.8. The second-order valence-electron chi connectivity index (χ2n) is 22.9. The molecule has 66 heavy (non-hydrogen) atoms. The lowest BCUT2D eigenvalue weighted by Gasteiger charge is -2.30. The molecule has 0 spiro atoms. The Kier molecular flexibility index (Phi) is 29.1. The molecule has 0 aromatic heterocycles. The molecule has 13 nitrogen and oxygen atoms in total. The smallest absolute Gasteiger partial charge is 0.306 e. The van der Waals surface area contributed by atoms with Crippen molar-refractivity contribution in [2.75, 3.05) is 39.6 Å². The number of esters is 6. The first-order valence-corrected chi connectivity index (χ1v) is 25.0. The molecule has 0 aliphatic heterocycles. The highest BCUT2D eigenvalue weighted by Crippen LogP contribution is 2.32. The maximum Gasteiger partial charge on any atom is 0.306 e. The van der Waals surface area contributed by atoms with Gasteiger partial charge in [-0.05, 0) is 61.2 Å². The van der Waals surface area contributed by atoms with Crippen molar-refractivity contribution in [2.24, 2.45) is 32.5 Å². The highest BCUT2D eigenvalue weighted by molar-refractivity contribution is 5.85. The van der Waals surface area contributed by atoms with Crippen LogP contribution in [0.2, 0.25) is 0 Å². The quantitative estimate of drug-likeness (QED) is 0.0423. The SMILES string of the molecule is CCCCC(C)(C)CC(=O)OCC(C)(COC(=O)CCC(=O)CCC(=O)OCC(C)(COC(=O)CC(C)(C)CCCC)COC(=O)CC(C)(C)CCCC)COC(=O)CC(C)(C)CCCC. The Hall–Kier alpha value is -3.51. The van der Waals surface area contributed by atoms with Crippen LogP contribution in [0.4, 0.5) is 0 Å². The lowest BCUT2D eigenvalue weighted by atomic mass is 9.84. The molecule has 0 saturated carbocycles. The van der Waals surface area contributed by atoms with Crippen molar-refractivity contribution in [3.63, 3.8) is 0 Å². The van der Waals surface area contributed by atoms with Gasteiger partial charge in [0.15, 0.2) is 0 Å². The number of ketones is 1. The van der Waals surface area contributed by atoms with Gasteiger partial charge in [0.1, 0.15) is 45.4 Å². The number of ether oxygens (including phenoxy) is 6. The van der Waals surface area contributed by atoms with E-state index in [1.807, 2.05) is 55.4 Å². The Balaban J connectivity index is 5.48. The fraction of sp³-hybridized carbons (Fsp3) is 0.868. The summed E-state index contributed by atoms with van der Waals surface area (Å²) in [5.74, 6) is -3.26. The van der Waals surface area contributed by atoms with E-state index < -0.39 is 46.6 Å². The van der Waals surface area contributed by atoms with Gasteiger partial charge in [-0.1, -0.05) is 134 Å². The van der Waals surface area contributed by atoms with E-state index in [4.69, 9.17) is 28.4 Å². The topological polar surface area (TPSA) is 175 Å². The van der Waals surface area contributed by atoms with Gasteiger partial charge in [-0.25, -0.2) is 0 Å². The van der Waals surface area contributed by atoms with E-state index in [1.165, 1.54) is 0 Å². The normalized spacial score (nSPS) is 12.6. The molecule has 0 unspecified atom stereocenters. The molecule has 0 aromatic rings. The predicted octanol–water partition coefficient (Wildman–Crippen LogP) is 11.8. The molecular weight excluding hydrogens is 845 g/mol. The van der Waals surface area contributed by atoms with Gasteiger partial charge in [0.25, 0.3) is 0 Å². The summed E-state index contributed by atoms with van der Waals surface area (Å²) in [6.45, 7) is 26.9. The second kappa shape index (κ2) is 30.8. The van der Waals surface area contributed by atoms with Crippen molar-refractivity contribution in [3.05, 3.63) is 0 Å². The molecule has 0 amide bonds.